The van der Waals surface area contributed by atoms with Crippen molar-refractivity contribution in [3.63, 3.8) is 0 Å². The lowest BCUT2D eigenvalue weighted by molar-refractivity contribution is -0.146. The number of rotatable bonds is 5. The van der Waals surface area contributed by atoms with Gasteiger partial charge in [0.2, 0.25) is 0 Å². The number of carbonyl (C=O) groups is 2. The number of esters is 1. The maximum absolute atomic E-state index is 13.3. The van der Waals surface area contributed by atoms with Crippen LogP contribution in [0.4, 0.5) is 0 Å². The van der Waals surface area contributed by atoms with Gasteiger partial charge in [-0.15, -0.1) is 0 Å². The molecule has 0 unspecified atom stereocenters. The van der Waals surface area contributed by atoms with Crippen LogP contribution in [0.5, 0.6) is 5.75 Å². The number of hydrogen-bond donors (Lipinski definition) is 1. The van der Waals surface area contributed by atoms with Gasteiger partial charge in [0.05, 0.1) is 11.0 Å². The first kappa shape index (κ1) is 20.6. The van der Waals surface area contributed by atoms with E-state index in [9.17, 15) is 9.59 Å². The monoisotopic (exact) mass is 384 g/mol. The van der Waals surface area contributed by atoms with Gasteiger partial charge < -0.3 is 9.84 Å². The summed E-state index contributed by atoms with van der Waals surface area (Å²) < 4.78 is 5.77. The zero-order valence-electron chi connectivity index (χ0n) is 17.7. The van der Waals surface area contributed by atoms with Gasteiger partial charge in [0.1, 0.15) is 5.75 Å². The highest BCUT2D eigenvalue weighted by Crippen LogP contribution is 2.61. The SMILES string of the molecule is CCCC1(C(=O)Oc2ccc(C(=O)O)cc2)CC2=C(C1)C(C)(C)CCC2(C)C. The third-order valence-electron chi connectivity index (χ3n) is 6.88. The number of aromatic carboxylic acids is 1. The Balaban J connectivity index is 1.87. The van der Waals surface area contributed by atoms with Crippen LogP contribution in [0.15, 0.2) is 35.4 Å². The van der Waals surface area contributed by atoms with Crippen LogP contribution < -0.4 is 4.74 Å². The summed E-state index contributed by atoms with van der Waals surface area (Å²) in [4.78, 5) is 24.4. The molecule has 0 saturated heterocycles. The molecule has 28 heavy (non-hydrogen) atoms. The van der Waals surface area contributed by atoms with E-state index in [0.29, 0.717) is 5.75 Å². The molecular weight excluding hydrogens is 352 g/mol. The van der Waals surface area contributed by atoms with E-state index in [1.807, 2.05) is 0 Å². The summed E-state index contributed by atoms with van der Waals surface area (Å²) in [5, 5.41) is 9.04. The number of carboxylic acids is 1. The Morgan fingerprint density at radius 3 is 1.89 bits per heavy atom. The smallest absolute Gasteiger partial charge is 0.335 e. The van der Waals surface area contributed by atoms with Crippen LogP contribution in [0, 0.1) is 16.2 Å². The van der Waals surface area contributed by atoms with Crippen LogP contribution in [0.2, 0.25) is 0 Å². The summed E-state index contributed by atoms with van der Waals surface area (Å²) in [6.07, 6.45) is 5.57. The molecule has 4 heteroatoms. The Morgan fingerprint density at radius 2 is 1.46 bits per heavy atom. The predicted octanol–water partition coefficient (Wildman–Crippen LogP) is 6.01. The number of allylic oxidation sites excluding steroid dienone is 2. The van der Waals surface area contributed by atoms with Crippen molar-refractivity contribution in [3.05, 3.63) is 41.0 Å². The zero-order chi connectivity index (χ0) is 20.7. The second kappa shape index (κ2) is 7.06. The molecule has 0 aliphatic heterocycles. The van der Waals surface area contributed by atoms with Crippen molar-refractivity contribution in [1.29, 1.82) is 0 Å². The highest BCUT2D eigenvalue weighted by atomic mass is 16.5. The molecule has 152 valence electrons. The lowest BCUT2D eigenvalue weighted by Gasteiger charge is -2.41. The first-order chi connectivity index (χ1) is 13.0. The van der Waals surface area contributed by atoms with E-state index in [1.165, 1.54) is 23.3 Å². The number of carboxylic acid groups (broad SMARTS) is 1. The quantitative estimate of drug-likeness (QED) is 0.383. The van der Waals surface area contributed by atoms with Crippen molar-refractivity contribution in [2.45, 2.75) is 73.1 Å². The third-order valence-corrected chi connectivity index (χ3v) is 6.88. The van der Waals surface area contributed by atoms with Gasteiger partial charge in [0.25, 0.3) is 0 Å². The second-order valence-corrected chi connectivity index (χ2v) is 9.83. The molecule has 0 bridgehead atoms. The molecule has 3 rings (SSSR count). The second-order valence-electron chi connectivity index (χ2n) is 9.83. The van der Waals surface area contributed by atoms with Crippen LogP contribution in [0.3, 0.4) is 0 Å². The molecule has 1 aromatic rings. The van der Waals surface area contributed by atoms with Crippen LogP contribution in [-0.4, -0.2) is 17.0 Å². The molecule has 0 amide bonds. The maximum atomic E-state index is 13.3. The van der Waals surface area contributed by atoms with E-state index >= 15 is 0 Å². The highest BCUT2D eigenvalue weighted by molar-refractivity contribution is 5.88. The van der Waals surface area contributed by atoms with E-state index < -0.39 is 11.4 Å². The van der Waals surface area contributed by atoms with Crippen molar-refractivity contribution in [2.75, 3.05) is 0 Å². The van der Waals surface area contributed by atoms with Gasteiger partial charge in [0, 0.05) is 0 Å². The molecule has 0 heterocycles. The van der Waals surface area contributed by atoms with Gasteiger partial charge in [-0.05, 0) is 67.2 Å². The van der Waals surface area contributed by atoms with Gasteiger partial charge in [0.15, 0.2) is 0 Å². The van der Waals surface area contributed by atoms with Crippen molar-refractivity contribution in [3.8, 4) is 5.75 Å². The molecule has 1 N–H and O–H groups in total. The van der Waals surface area contributed by atoms with E-state index in [2.05, 4.69) is 34.6 Å². The lowest BCUT2D eigenvalue weighted by atomic mass is 9.64. The molecular formula is C24H32O4. The van der Waals surface area contributed by atoms with Crippen LogP contribution in [0.1, 0.15) is 83.5 Å². The average Bonchev–Trinajstić information content (AvgIpc) is 3.04. The van der Waals surface area contributed by atoms with Crippen LogP contribution >= 0.6 is 0 Å². The maximum Gasteiger partial charge on any atom is 0.335 e. The topological polar surface area (TPSA) is 63.6 Å². The molecule has 1 aromatic carbocycles. The summed E-state index contributed by atoms with van der Waals surface area (Å²) in [7, 11) is 0. The molecule has 0 aromatic heterocycles. The van der Waals surface area contributed by atoms with Gasteiger partial charge in [-0.25, -0.2) is 4.79 Å². The molecule has 2 aliphatic rings. The Bertz CT molecular complexity index is 784. The van der Waals surface area contributed by atoms with Crippen LogP contribution in [-0.2, 0) is 4.79 Å². The normalized spacial score (nSPS) is 21.9. The number of hydrogen-bond acceptors (Lipinski definition) is 3. The van der Waals surface area contributed by atoms with E-state index in [-0.39, 0.29) is 22.4 Å². The lowest BCUT2D eigenvalue weighted by Crippen LogP contribution is -2.34. The highest BCUT2D eigenvalue weighted by Gasteiger charge is 2.53. The van der Waals surface area contributed by atoms with Gasteiger partial charge in [-0.3, -0.25) is 4.79 Å². The van der Waals surface area contributed by atoms with E-state index in [1.54, 1.807) is 12.1 Å². The number of ether oxygens (including phenoxy) is 1. The first-order valence-electron chi connectivity index (χ1n) is 10.3. The Morgan fingerprint density at radius 1 is 0.964 bits per heavy atom. The minimum atomic E-state index is -0.988. The van der Waals surface area contributed by atoms with Crippen molar-refractivity contribution < 1.29 is 19.4 Å². The number of benzene rings is 1. The largest absolute Gasteiger partial charge is 0.478 e. The molecule has 0 radical (unpaired) electrons. The molecule has 0 spiro atoms. The summed E-state index contributed by atoms with van der Waals surface area (Å²) in [6.45, 7) is 11.3. The molecule has 0 saturated carbocycles. The van der Waals surface area contributed by atoms with E-state index in [0.717, 1.165) is 38.5 Å². The third kappa shape index (κ3) is 3.61. The summed E-state index contributed by atoms with van der Waals surface area (Å²) in [5.41, 5.74) is 2.84. The van der Waals surface area contributed by atoms with Crippen LogP contribution in [0.25, 0.3) is 0 Å². The predicted molar refractivity (Wildman–Crippen MR) is 109 cm³/mol. The Kier molecular flexibility index (Phi) is 5.20. The van der Waals surface area contributed by atoms with Crippen molar-refractivity contribution in [2.24, 2.45) is 16.2 Å². The molecule has 0 fully saturated rings. The van der Waals surface area contributed by atoms with Gasteiger partial charge >= 0.3 is 11.9 Å². The zero-order valence-corrected chi connectivity index (χ0v) is 17.7. The fourth-order valence-corrected chi connectivity index (χ4v) is 4.96. The summed E-state index contributed by atoms with van der Waals surface area (Å²) in [6, 6.07) is 6.08. The average molecular weight is 385 g/mol. The van der Waals surface area contributed by atoms with Crippen molar-refractivity contribution >= 4 is 11.9 Å². The fraction of sp³-hybridized carbons (Fsp3) is 0.583. The minimum absolute atomic E-state index is 0.129. The van der Waals surface area contributed by atoms with Gasteiger partial charge in [-0.2, -0.15) is 0 Å². The van der Waals surface area contributed by atoms with Crippen molar-refractivity contribution in [1.82, 2.24) is 0 Å². The minimum Gasteiger partial charge on any atom is -0.478 e. The first-order valence-corrected chi connectivity index (χ1v) is 10.3. The Hall–Kier alpha value is -2.10. The molecule has 4 nitrogen and oxygen atoms in total. The number of carbonyl (C=O) groups excluding carboxylic acids is 1. The van der Waals surface area contributed by atoms with E-state index in [4.69, 9.17) is 9.84 Å². The summed E-state index contributed by atoms with van der Waals surface area (Å²) in [5.74, 6) is -0.759. The van der Waals surface area contributed by atoms with Gasteiger partial charge in [-0.1, -0.05) is 52.2 Å². The molecule has 0 atom stereocenters. The Labute approximate surface area is 168 Å². The molecule has 2 aliphatic carbocycles. The summed E-state index contributed by atoms with van der Waals surface area (Å²) >= 11 is 0. The fourth-order valence-electron chi connectivity index (χ4n) is 4.96. The standard InChI is InChI=1S/C24H32O4/c1-6-11-24(21(27)28-17-9-7-16(8-10-17)20(25)26)14-18-19(15-24)23(4,5)13-12-22(18,2)3/h7-10H,6,11-15H2,1-5H3,(H,25,26).